The van der Waals surface area contributed by atoms with Crippen LogP contribution in [0.15, 0.2) is 24.3 Å². The van der Waals surface area contributed by atoms with Crippen LogP contribution in [-0.4, -0.2) is 5.84 Å². The Morgan fingerprint density at radius 3 is 2.33 bits per heavy atom. The van der Waals surface area contributed by atoms with Gasteiger partial charge in [0.15, 0.2) is 0 Å². The summed E-state index contributed by atoms with van der Waals surface area (Å²) in [6.45, 7) is 2.16. The van der Waals surface area contributed by atoms with Gasteiger partial charge >= 0.3 is 0 Å². The van der Waals surface area contributed by atoms with Gasteiger partial charge in [-0.3, -0.25) is 5.41 Å². The molecule has 0 aromatic heterocycles. The molecule has 0 heterocycles. The second-order valence-electron chi connectivity index (χ2n) is 5.95. The number of amidine groups is 1. The number of nitrogens with two attached hydrogens (primary N) is 1. The number of hydrogen-bond acceptors (Lipinski definition) is 2. The van der Waals surface area contributed by atoms with E-state index >= 15 is 0 Å². The van der Waals surface area contributed by atoms with Crippen molar-refractivity contribution in [2.24, 2.45) is 11.1 Å². The summed E-state index contributed by atoms with van der Waals surface area (Å²) in [5.41, 5.74) is 7.49. The van der Waals surface area contributed by atoms with E-state index in [1.807, 2.05) is 12.1 Å². The van der Waals surface area contributed by atoms with Gasteiger partial charge in [-0.1, -0.05) is 37.6 Å². The molecule has 1 fully saturated rings. The molecule has 114 valence electrons. The normalized spacial score (nSPS) is 24.7. The van der Waals surface area contributed by atoms with Gasteiger partial charge in [-0.15, -0.1) is 12.4 Å². The molecule has 1 aromatic rings. The molecular weight excluding hydrogens is 282 g/mol. The second-order valence-corrected chi connectivity index (χ2v) is 5.95. The Morgan fingerprint density at radius 1 is 1.33 bits per heavy atom. The Bertz CT molecular complexity index is 508. The van der Waals surface area contributed by atoms with E-state index in [9.17, 15) is 5.26 Å². The number of nitrogens with one attached hydrogen (secondary N) is 1. The zero-order valence-electron chi connectivity index (χ0n) is 12.6. The van der Waals surface area contributed by atoms with Gasteiger partial charge in [-0.05, 0) is 43.6 Å². The highest BCUT2D eigenvalue weighted by Gasteiger charge is 2.34. The maximum Gasteiger partial charge on any atom is 0.122 e. The zero-order valence-corrected chi connectivity index (χ0v) is 13.4. The van der Waals surface area contributed by atoms with E-state index in [0.29, 0.717) is 5.92 Å². The molecule has 0 atom stereocenters. The van der Waals surface area contributed by atoms with Crippen molar-refractivity contribution >= 4 is 18.2 Å². The molecule has 3 N–H and O–H groups in total. The van der Waals surface area contributed by atoms with Crippen molar-refractivity contribution in [3.05, 3.63) is 35.4 Å². The first-order chi connectivity index (χ1) is 9.60. The molecular formula is C17H24ClN3. The van der Waals surface area contributed by atoms with Crippen molar-refractivity contribution in [1.29, 1.82) is 10.7 Å². The van der Waals surface area contributed by atoms with Gasteiger partial charge in [0.05, 0.1) is 11.5 Å². The number of nitrogens with zero attached hydrogens (tertiary/aromatic N) is 1. The van der Waals surface area contributed by atoms with Crippen molar-refractivity contribution in [1.82, 2.24) is 0 Å². The average Bonchev–Trinajstić information content (AvgIpc) is 2.48. The third kappa shape index (κ3) is 3.98. The quantitative estimate of drug-likeness (QED) is 0.640. The van der Waals surface area contributed by atoms with Crippen LogP contribution in [0.3, 0.4) is 0 Å². The predicted octanol–water partition coefficient (Wildman–Crippen LogP) is 4.36. The third-order valence-corrected chi connectivity index (χ3v) is 4.60. The highest BCUT2D eigenvalue weighted by atomic mass is 35.5. The van der Waals surface area contributed by atoms with Crippen molar-refractivity contribution in [2.75, 3.05) is 0 Å². The highest BCUT2D eigenvalue weighted by Crippen LogP contribution is 2.45. The lowest BCUT2D eigenvalue weighted by Gasteiger charge is -2.35. The summed E-state index contributed by atoms with van der Waals surface area (Å²) in [5.74, 6) is 0.668. The predicted molar refractivity (Wildman–Crippen MR) is 88.9 cm³/mol. The summed E-state index contributed by atoms with van der Waals surface area (Å²) in [4.78, 5) is 0. The first-order valence-corrected chi connectivity index (χ1v) is 7.46. The molecule has 0 radical (unpaired) electrons. The lowest BCUT2D eigenvalue weighted by molar-refractivity contribution is 0.228. The van der Waals surface area contributed by atoms with E-state index in [1.165, 1.54) is 5.56 Å². The summed E-state index contributed by atoms with van der Waals surface area (Å²) in [6, 6.07) is 10.6. The van der Waals surface area contributed by atoms with Crippen LogP contribution in [0.1, 0.15) is 62.5 Å². The number of benzene rings is 1. The monoisotopic (exact) mass is 305 g/mol. The van der Waals surface area contributed by atoms with Gasteiger partial charge in [-0.25, -0.2) is 0 Å². The lowest BCUT2D eigenvalue weighted by Crippen LogP contribution is -2.25. The first kappa shape index (κ1) is 17.5. The van der Waals surface area contributed by atoms with Crippen LogP contribution >= 0.6 is 12.4 Å². The van der Waals surface area contributed by atoms with Crippen LogP contribution in [0.2, 0.25) is 0 Å². The van der Waals surface area contributed by atoms with Gasteiger partial charge in [0.2, 0.25) is 0 Å². The van der Waals surface area contributed by atoms with E-state index in [-0.39, 0.29) is 23.7 Å². The molecule has 3 nitrogen and oxygen atoms in total. The standard InChI is InChI=1S/C17H23N3.ClH/c1-2-9-17(12-18)10-7-14(8-11-17)13-3-5-15(6-4-13)16(19)20;/h3-6,14H,2,7-11H2,1H3,(H3,19,20);1H. The van der Waals surface area contributed by atoms with Crippen LogP contribution in [0, 0.1) is 22.2 Å². The van der Waals surface area contributed by atoms with Crippen LogP contribution in [0.25, 0.3) is 0 Å². The van der Waals surface area contributed by atoms with Gasteiger partial charge in [0.25, 0.3) is 0 Å². The molecule has 0 aliphatic heterocycles. The van der Waals surface area contributed by atoms with E-state index in [2.05, 4.69) is 25.1 Å². The maximum atomic E-state index is 9.44. The number of halogens is 1. The largest absolute Gasteiger partial charge is 0.384 e. The molecule has 1 aliphatic carbocycles. The Morgan fingerprint density at radius 2 is 1.90 bits per heavy atom. The molecule has 0 unspecified atom stereocenters. The second kappa shape index (κ2) is 7.47. The Balaban J connectivity index is 0.00000220. The van der Waals surface area contributed by atoms with Crippen LogP contribution in [0.4, 0.5) is 0 Å². The molecule has 0 amide bonds. The Hall–Kier alpha value is -1.53. The van der Waals surface area contributed by atoms with Crippen LogP contribution in [-0.2, 0) is 0 Å². The van der Waals surface area contributed by atoms with Crippen molar-refractivity contribution in [2.45, 2.75) is 51.4 Å². The average molecular weight is 306 g/mol. The fourth-order valence-corrected chi connectivity index (χ4v) is 3.33. The fraction of sp³-hybridized carbons (Fsp3) is 0.529. The molecule has 1 saturated carbocycles. The minimum Gasteiger partial charge on any atom is -0.384 e. The molecule has 0 saturated heterocycles. The van der Waals surface area contributed by atoms with E-state index in [4.69, 9.17) is 11.1 Å². The van der Waals surface area contributed by atoms with E-state index < -0.39 is 0 Å². The van der Waals surface area contributed by atoms with Crippen molar-refractivity contribution < 1.29 is 0 Å². The number of rotatable bonds is 4. The van der Waals surface area contributed by atoms with E-state index in [0.717, 1.165) is 44.1 Å². The number of nitriles is 1. The SMILES string of the molecule is CCCC1(C#N)CCC(c2ccc(C(=N)N)cc2)CC1.Cl. The Kier molecular flexibility index (Phi) is 6.23. The minimum atomic E-state index is -0.0788. The topological polar surface area (TPSA) is 73.7 Å². The summed E-state index contributed by atoms with van der Waals surface area (Å²) >= 11 is 0. The summed E-state index contributed by atoms with van der Waals surface area (Å²) in [6.07, 6.45) is 6.32. The van der Waals surface area contributed by atoms with Crippen LogP contribution in [0.5, 0.6) is 0 Å². The molecule has 0 spiro atoms. The molecule has 1 aromatic carbocycles. The Labute approximate surface area is 133 Å². The molecule has 1 aliphatic rings. The molecule has 4 heteroatoms. The number of hydrogen-bond donors (Lipinski definition) is 2. The van der Waals surface area contributed by atoms with Gasteiger partial charge in [0, 0.05) is 5.56 Å². The zero-order chi connectivity index (χ0) is 14.6. The van der Waals surface area contributed by atoms with Gasteiger partial charge in [-0.2, -0.15) is 5.26 Å². The molecule has 21 heavy (non-hydrogen) atoms. The van der Waals surface area contributed by atoms with Gasteiger partial charge in [0.1, 0.15) is 5.84 Å². The number of nitrogen functional groups attached to an aromatic ring is 1. The fourth-order valence-electron chi connectivity index (χ4n) is 3.33. The summed E-state index contributed by atoms with van der Waals surface area (Å²) < 4.78 is 0. The van der Waals surface area contributed by atoms with Crippen molar-refractivity contribution in [3.63, 3.8) is 0 Å². The molecule has 2 rings (SSSR count). The maximum absolute atomic E-state index is 9.44. The first-order valence-electron chi connectivity index (χ1n) is 7.46. The van der Waals surface area contributed by atoms with Crippen LogP contribution < -0.4 is 5.73 Å². The minimum absolute atomic E-state index is 0. The van der Waals surface area contributed by atoms with Crippen molar-refractivity contribution in [3.8, 4) is 6.07 Å². The van der Waals surface area contributed by atoms with E-state index in [1.54, 1.807) is 0 Å². The van der Waals surface area contributed by atoms with Gasteiger partial charge < -0.3 is 5.73 Å². The third-order valence-electron chi connectivity index (χ3n) is 4.60. The highest BCUT2D eigenvalue weighted by molar-refractivity contribution is 5.94. The smallest absolute Gasteiger partial charge is 0.122 e. The summed E-state index contributed by atoms with van der Waals surface area (Å²) in [5, 5.41) is 16.9. The molecule has 0 bridgehead atoms. The summed E-state index contributed by atoms with van der Waals surface area (Å²) in [7, 11) is 0. The lowest BCUT2D eigenvalue weighted by atomic mass is 9.68.